The van der Waals surface area contributed by atoms with Gasteiger partial charge in [-0.25, -0.2) is 0 Å². The van der Waals surface area contributed by atoms with Crippen molar-refractivity contribution in [3.63, 3.8) is 0 Å². The van der Waals surface area contributed by atoms with Crippen LogP contribution in [-0.2, 0) is 0 Å². The van der Waals surface area contributed by atoms with Crippen molar-refractivity contribution in [1.29, 1.82) is 0 Å². The largest absolute Gasteiger partial charge is 0.384 e. The lowest BCUT2D eigenvalue weighted by molar-refractivity contribution is 0.872. The lowest BCUT2D eigenvalue weighted by atomic mass is 10.0. The van der Waals surface area contributed by atoms with E-state index in [4.69, 9.17) is 0 Å². The summed E-state index contributed by atoms with van der Waals surface area (Å²) in [5, 5.41) is 6.77. The number of nitrogens with one attached hydrogen (secondary N) is 2. The standard InChI is InChI=1S/C16H21N3/c1-4-18-14-9-15(11-17-10-14)19-13(3)16-8-6-5-7-12(16)2/h5-11,13,18-19H,4H2,1-3H3. The van der Waals surface area contributed by atoms with E-state index in [0.717, 1.165) is 17.9 Å². The molecular weight excluding hydrogens is 234 g/mol. The van der Waals surface area contributed by atoms with Gasteiger partial charge in [-0.3, -0.25) is 4.98 Å². The number of nitrogens with zero attached hydrogens (tertiary/aromatic N) is 1. The van der Waals surface area contributed by atoms with Crippen molar-refractivity contribution in [1.82, 2.24) is 4.98 Å². The fourth-order valence-electron chi connectivity index (χ4n) is 2.22. The summed E-state index contributed by atoms with van der Waals surface area (Å²) in [6.45, 7) is 7.29. The normalized spacial score (nSPS) is 11.9. The minimum Gasteiger partial charge on any atom is -0.384 e. The molecule has 1 heterocycles. The Labute approximate surface area is 115 Å². The van der Waals surface area contributed by atoms with Gasteiger partial charge in [0.25, 0.3) is 0 Å². The molecule has 2 rings (SSSR count). The summed E-state index contributed by atoms with van der Waals surface area (Å²) in [5.74, 6) is 0. The zero-order valence-corrected chi connectivity index (χ0v) is 11.8. The summed E-state index contributed by atoms with van der Waals surface area (Å²) in [6, 6.07) is 10.8. The molecule has 0 fully saturated rings. The highest BCUT2D eigenvalue weighted by atomic mass is 14.9. The van der Waals surface area contributed by atoms with E-state index in [9.17, 15) is 0 Å². The first-order valence-electron chi connectivity index (χ1n) is 6.71. The summed E-state index contributed by atoms with van der Waals surface area (Å²) < 4.78 is 0. The van der Waals surface area contributed by atoms with Gasteiger partial charge in [0.1, 0.15) is 0 Å². The number of anilines is 2. The van der Waals surface area contributed by atoms with Crippen molar-refractivity contribution in [2.75, 3.05) is 17.2 Å². The van der Waals surface area contributed by atoms with Crippen LogP contribution in [-0.4, -0.2) is 11.5 Å². The maximum Gasteiger partial charge on any atom is 0.0552 e. The number of hydrogen-bond donors (Lipinski definition) is 2. The molecule has 0 radical (unpaired) electrons. The fourth-order valence-corrected chi connectivity index (χ4v) is 2.22. The van der Waals surface area contributed by atoms with Crippen LogP contribution in [0.5, 0.6) is 0 Å². The second kappa shape index (κ2) is 6.23. The predicted molar refractivity (Wildman–Crippen MR) is 81.6 cm³/mol. The van der Waals surface area contributed by atoms with Crippen molar-refractivity contribution in [2.45, 2.75) is 26.8 Å². The van der Waals surface area contributed by atoms with E-state index >= 15 is 0 Å². The number of aromatic nitrogens is 1. The topological polar surface area (TPSA) is 37.0 Å². The van der Waals surface area contributed by atoms with E-state index in [1.165, 1.54) is 11.1 Å². The Morgan fingerprint density at radius 1 is 1.16 bits per heavy atom. The number of hydrogen-bond acceptors (Lipinski definition) is 3. The van der Waals surface area contributed by atoms with Gasteiger partial charge in [0.05, 0.1) is 23.8 Å². The van der Waals surface area contributed by atoms with E-state index in [1.54, 1.807) is 0 Å². The Morgan fingerprint density at radius 2 is 1.89 bits per heavy atom. The molecule has 2 aromatic rings. The van der Waals surface area contributed by atoms with E-state index < -0.39 is 0 Å². The Bertz CT molecular complexity index is 537. The lowest BCUT2D eigenvalue weighted by Gasteiger charge is -2.18. The van der Waals surface area contributed by atoms with Crippen LogP contribution in [0.4, 0.5) is 11.4 Å². The van der Waals surface area contributed by atoms with Gasteiger partial charge in [-0.15, -0.1) is 0 Å². The molecule has 3 heteroatoms. The number of benzene rings is 1. The van der Waals surface area contributed by atoms with Gasteiger partial charge >= 0.3 is 0 Å². The Morgan fingerprint density at radius 3 is 2.63 bits per heavy atom. The molecule has 1 atom stereocenters. The highest BCUT2D eigenvalue weighted by Gasteiger charge is 2.07. The third-order valence-electron chi connectivity index (χ3n) is 3.16. The quantitative estimate of drug-likeness (QED) is 0.848. The SMILES string of the molecule is CCNc1cncc(NC(C)c2ccccc2C)c1. The van der Waals surface area contributed by atoms with Crippen LogP contribution in [0.3, 0.4) is 0 Å². The molecule has 1 unspecified atom stereocenters. The molecule has 0 saturated heterocycles. The van der Waals surface area contributed by atoms with Crippen LogP contribution in [0, 0.1) is 6.92 Å². The van der Waals surface area contributed by atoms with Crippen LogP contribution >= 0.6 is 0 Å². The van der Waals surface area contributed by atoms with Crippen LogP contribution in [0.1, 0.15) is 31.0 Å². The van der Waals surface area contributed by atoms with Crippen molar-refractivity contribution in [3.8, 4) is 0 Å². The monoisotopic (exact) mass is 255 g/mol. The first-order valence-corrected chi connectivity index (χ1v) is 6.71. The zero-order chi connectivity index (χ0) is 13.7. The van der Waals surface area contributed by atoms with Crippen molar-refractivity contribution in [3.05, 3.63) is 53.9 Å². The van der Waals surface area contributed by atoms with E-state index in [0.29, 0.717) is 0 Å². The summed E-state index contributed by atoms with van der Waals surface area (Å²) in [5.41, 5.74) is 4.70. The second-order valence-electron chi connectivity index (χ2n) is 4.72. The van der Waals surface area contributed by atoms with Crippen LogP contribution < -0.4 is 10.6 Å². The average Bonchev–Trinajstić information content (AvgIpc) is 2.40. The predicted octanol–water partition coefficient (Wildman–Crippen LogP) is 3.99. The van der Waals surface area contributed by atoms with Gasteiger partial charge in [-0.05, 0) is 38.0 Å². The summed E-state index contributed by atoms with van der Waals surface area (Å²) in [7, 11) is 0. The molecule has 100 valence electrons. The average molecular weight is 255 g/mol. The number of rotatable bonds is 5. The number of aryl methyl sites for hydroxylation is 1. The Hall–Kier alpha value is -2.03. The van der Waals surface area contributed by atoms with Gasteiger partial charge in [0, 0.05) is 12.6 Å². The second-order valence-corrected chi connectivity index (χ2v) is 4.72. The molecule has 2 N–H and O–H groups in total. The summed E-state index contributed by atoms with van der Waals surface area (Å²) in [6.07, 6.45) is 3.70. The molecule has 0 aliphatic rings. The highest BCUT2D eigenvalue weighted by molar-refractivity contribution is 5.55. The van der Waals surface area contributed by atoms with Crippen molar-refractivity contribution >= 4 is 11.4 Å². The molecule has 0 amide bonds. The molecule has 0 spiro atoms. The molecule has 19 heavy (non-hydrogen) atoms. The first-order chi connectivity index (χ1) is 9.20. The lowest BCUT2D eigenvalue weighted by Crippen LogP contribution is -2.08. The van der Waals surface area contributed by atoms with Gasteiger partial charge < -0.3 is 10.6 Å². The van der Waals surface area contributed by atoms with E-state index in [-0.39, 0.29) is 6.04 Å². The molecule has 1 aromatic heterocycles. The van der Waals surface area contributed by atoms with Gasteiger partial charge in [0.2, 0.25) is 0 Å². The Kier molecular flexibility index (Phi) is 4.39. The Balaban J connectivity index is 2.12. The third-order valence-corrected chi connectivity index (χ3v) is 3.16. The highest BCUT2D eigenvalue weighted by Crippen LogP contribution is 2.22. The molecule has 0 aliphatic carbocycles. The van der Waals surface area contributed by atoms with Gasteiger partial charge in [-0.1, -0.05) is 24.3 Å². The zero-order valence-electron chi connectivity index (χ0n) is 11.8. The minimum absolute atomic E-state index is 0.264. The van der Waals surface area contributed by atoms with Crippen molar-refractivity contribution in [2.24, 2.45) is 0 Å². The van der Waals surface area contributed by atoms with E-state index in [2.05, 4.69) is 66.7 Å². The molecule has 1 aromatic carbocycles. The molecular formula is C16H21N3. The molecule has 0 saturated carbocycles. The molecule has 0 aliphatic heterocycles. The summed E-state index contributed by atoms with van der Waals surface area (Å²) >= 11 is 0. The van der Waals surface area contributed by atoms with Gasteiger partial charge in [0.15, 0.2) is 0 Å². The van der Waals surface area contributed by atoms with Crippen molar-refractivity contribution < 1.29 is 0 Å². The minimum atomic E-state index is 0.264. The van der Waals surface area contributed by atoms with E-state index in [1.807, 2.05) is 12.4 Å². The maximum absolute atomic E-state index is 4.25. The van der Waals surface area contributed by atoms with Crippen LogP contribution in [0.25, 0.3) is 0 Å². The maximum atomic E-state index is 4.25. The molecule has 0 bridgehead atoms. The van der Waals surface area contributed by atoms with Crippen LogP contribution in [0.2, 0.25) is 0 Å². The third kappa shape index (κ3) is 3.47. The number of pyridine rings is 1. The summed E-state index contributed by atoms with van der Waals surface area (Å²) in [4.78, 5) is 4.25. The smallest absolute Gasteiger partial charge is 0.0552 e. The molecule has 3 nitrogen and oxygen atoms in total. The van der Waals surface area contributed by atoms with Gasteiger partial charge in [-0.2, -0.15) is 0 Å². The fraction of sp³-hybridized carbons (Fsp3) is 0.312. The first kappa shape index (κ1) is 13.4. The van der Waals surface area contributed by atoms with Crippen LogP contribution in [0.15, 0.2) is 42.7 Å².